The number of benzene rings is 2. The van der Waals surface area contributed by atoms with Gasteiger partial charge in [-0.1, -0.05) is 29.8 Å². The highest BCUT2D eigenvalue weighted by atomic mass is 32.2. The lowest BCUT2D eigenvalue weighted by molar-refractivity contribution is 0.586. The second kappa shape index (κ2) is 6.06. The van der Waals surface area contributed by atoms with Crippen molar-refractivity contribution in [2.24, 2.45) is 0 Å². The Morgan fingerprint density at radius 2 is 1.86 bits per heavy atom. The SMILES string of the molecule is [C-]#[N+][C@@H](Cc1cccc(F)c1)S(=O)(=O)c1ccc(C)cc1. The number of rotatable bonds is 4. The molecule has 0 aromatic heterocycles. The molecule has 0 N–H and O–H groups in total. The lowest BCUT2D eigenvalue weighted by Gasteiger charge is -2.08. The fourth-order valence-corrected chi connectivity index (χ4v) is 3.36. The second-order valence-corrected chi connectivity index (χ2v) is 6.88. The third-order valence-electron chi connectivity index (χ3n) is 3.15. The summed E-state index contributed by atoms with van der Waals surface area (Å²) in [5, 5.41) is -1.25. The molecule has 0 heterocycles. The van der Waals surface area contributed by atoms with Crippen LogP contribution in [0.4, 0.5) is 4.39 Å². The van der Waals surface area contributed by atoms with Crippen molar-refractivity contribution < 1.29 is 12.8 Å². The Labute approximate surface area is 123 Å². The van der Waals surface area contributed by atoms with Gasteiger partial charge in [-0.15, -0.1) is 0 Å². The zero-order valence-electron chi connectivity index (χ0n) is 11.5. The molecule has 0 fully saturated rings. The average Bonchev–Trinajstić information content (AvgIpc) is 2.45. The molecule has 0 bridgehead atoms. The van der Waals surface area contributed by atoms with Crippen LogP contribution in [0.25, 0.3) is 4.85 Å². The van der Waals surface area contributed by atoms with Gasteiger partial charge in [0.2, 0.25) is 0 Å². The van der Waals surface area contributed by atoms with Gasteiger partial charge in [-0.3, -0.25) is 4.85 Å². The number of hydrogen-bond donors (Lipinski definition) is 0. The van der Waals surface area contributed by atoms with E-state index in [4.69, 9.17) is 6.57 Å². The number of hydrogen-bond acceptors (Lipinski definition) is 2. The Hall–Kier alpha value is -2.19. The van der Waals surface area contributed by atoms with E-state index in [0.717, 1.165) is 5.56 Å². The van der Waals surface area contributed by atoms with Gasteiger partial charge in [0, 0.05) is 0 Å². The van der Waals surface area contributed by atoms with Crippen LogP contribution < -0.4 is 0 Å². The van der Waals surface area contributed by atoms with E-state index in [2.05, 4.69) is 4.85 Å². The summed E-state index contributed by atoms with van der Waals surface area (Å²) in [6.45, 7) is 9.02. The van der Waals surface area contributed by atoms with Crippen molar-refractivity contribution in [3.8, 4) is 0 Å². The maximum Gasteiger partial charge on any atom is 0.329 e. The molecule has 21 heavy (non-hydrogen) atoms. The van der Waals surface area contributed by atoms with Gasteiger partial charge < -0.3 is 0 Å². The maximum absolute atomic E-state index is 13.2. The molecule has 2 aromatic rings. The van der Waals surface area contributed by atoms with Crippen LogP contribution in [-0.4, -0.2) is 13.8 Å². The van der Waals surface area contributed by atoms with Crippen molar-refractivity contribution in [3.63, 3.8) is 0 Å². The van der Waals surface area contributed by atoms with E-state index in [1.165, 1.54) is 30.3 Å². The van der Waals surface area contributed by atoms with E-state index in [-0.39, 0.29) is 11.3 Å². The molecule has 0 aliphatic heterocycles. The first-order valence-electron chi connectivity index (χ1n) is 6.35. The highest BCUT2D eigenvalue weighted by Crippen LogP contribution is 2.21. The Balaban J connectivity index is 2.32. The van der Waals surface area contributed by atoms with Crippen LogP contribution in [0.5, 0.6) is 0 Å². The predicted molar refractivity (Wildman–Crippen MR) is 78.9 cm³/mol. The van der Waals surface area contributed by atoms with Crippen molar-refractivity contribution in [1.82, 2.24) is 0 Å². The summed E-state index contributed by atoms with van der Waals surface area (Å²) in [4.78, 5) is 3.34. The predicted octanol–water partition coefficient (Wildman–Crippen LogP) is 3.40. The standard InChI is InChI=1S/C16H14FNO2S/c1-12-6-8-15(9-7-12)21(19,20)16(18-2)11-13-4-3-5-14(17)10-13/h3-10,16H,11H2,1H3/t16-/m1/s1. The van der Waals surface area contributed by atoms with Crippen molar-refractivity contribution >= 4 is 9.84 Å². The number of halogens is 1. The lowest BCUT2D eigenvalue weighted by atomic mass is 10.1. The molecule has 0 aliphatic rings. The van der Waals surface area contributed by atoms with Crippen molar-refractivity contribution in [3.05, 3.63) is 76.9 Å². The Bertz CT molecular complexity index is 777. The van der Waals surface area contributed by atoms with Gasteiger partial charge >= 0.3 is 5.37 Å². The van der Waals surface area contributed by atoms with Gasteiger partial charge in [0.15, 0.2) is 0 Å². The second-order valence-electron chi connectivity index (χ2n) is 4.78. The maximum atomic E-state index is 13.2. The molecule has 108 valence electrons. The van der Waals surface area contributed by atoms with E-state index in [9.17, 15) is 12.8 Å². The van der Waals surface area contributed by atoms with E-state index in [1.807, 2.05) is 6.92 Å². The van der Waals surface area contributed by atoms with Gasteiger partial charge in [0.1, 0.15) is 5.82 Å². The molecule has 0 spiro atoms. The Kier molecular flexibility index (Phi) is 4.39. The Morgan fingerprint density at radius 3 is 2.43 bits per heavy atom. The van der Waals surface area contributed by atoms with Crippen LogP contribution in [0.1, 0.15) is 11.1 Å². The van der Waals surface area contributed by atoms with Crippen LogP contribution >= 0.6 is 0 Å². The molecule has 2 aromatic carbocycles. The van der Waals surface area contributed by atoms with Crippen LogP contribution in [0.2, 0.25) is 0 Å². The van der Waals surface area contributed by atoms with Gasteiger partial charge in [0.05, 0.1) is 11.3 Å². The molecule has 1 atom stereocenters. The summed E-state index contributed by atoms with van der Waals surface area (Å²) in [5.74, 6) is -0.441. The smallest absolute Gasteiger partial charge is 0.296 e. The monoisotopic (exact) mass is 303 g/mol. The fourth-order valence-electron chi connectivity index (χ4n) is 1.98. The zero-order valence-corrected chi connectivity index (χ0v) is 12.3. The van der Waals surface area contributed by atoms with Crippen LogP contribution in [0.3, 0.4) is 0 Å². The molecule has 0 radical (unpaired) electrons. The lowest BCUT2D eigenvalue weighted by Crippen LogP contribution is -2.20. The molecular weight excluding hydrogens is 289 g/mol. The highest BCUT2D eigenvalue weighted by Gasteiger charge is 2.32. The van der Waals surface area contributed by atoms with E-state index in [1.54, 1.807) is 18.2 Å². The number of nitrogens with zero attached hydrogens (tertiary/aromatic N) is 1. The summed E-state index contributed by atoms with van der Waals surface area (Å²) in [7, 11) is -3.76. The van der Waals surface area contributed by atoms with E-state index < -0.39 is 21.0 Å². The third-order valence-corrected chi connectivity index (χ3v) is 5.07. The van der Waals surface area contributed by atoms with Gasteiger partial charge in [-0.25, -0.2) is 19.4 Å². The van der Waals surface area contributed by atoms with E-state index in [0.29, 0.717) is 5.56 Å². The van der Waals surface area contributed by atoms with Gasteiger partial charge in [-0.05, 0) is 36.8 Å². The number of aryl methyl sites for hydroxylation is 1. The van der Waals surface area contributed by atoms with Crippen LogP contribution in [-0.2, 0) is 16.3 Å². The molecule has 2 rings (SSSR count). The Morgan fingerprint density at radius 1 is 1.19 bits per heavy atom. The first kappa shape index (κ1) is 15.2. The quantitative estimate of drug-likeness (QED) is 0.812. The summed E-state index contributed by atoms with van der Waals surface area (Å²) >= 11 is 0. The minimum atomic E-state index is -3.76. The molecule has 0 amide bonds. The van der Waals surface area contributed by atoms with Gasteiger partial charge in [-0.2, -0.15) is 0 Å². The molecule has 0 aliphatic carbocycles. The van der Waals surface area contributed by atoms with Crippen molar-refractivity contribution in [1.29, 1.82) is 0 Å². The first-order chi connectivity index (χ1) is 9.93. The fraction of sp³-hybridized carbons (Fsp3) is 0.188. The van der Waals surface area contributed by atoms with E-state index >= 15 is 0 Å². The third kappa shape index (κ3) is 3.47. The average molecular weight is 303 g/mol. The number of sulfone groups is 1. The minimum Gasteiger partial charge on any atom is -0.296 e. The highest BCUT2D eigenvalue weighted by molar-refractivity contribution is 7.92. The molecule has 0 saturated carbocycles. The molecular formula is C16H14FNO2S. The van der Waals surface area contributed by atoms with Crippen LogP contribution in [0, 0.1) is 19.3 Å². The summed E-state index contributed by atoms with van der Waals surface area (Å²) in [6, 6.07) is 12.0. The molecule has 0 unspecified atom stereocenters. The molecule has 5 heteroatoms. The summed E-state index contributed by atoms with van der Waals surface area (Å²) < 4.78 is 38.1. The van der Waals surface area contributed by atoms with Crippen molar-refractivity contribution in [2.75, 3.05) is 0 Å². The van der Waals surface area contributed by atoms with Crippen molar-refractivity contribution in [2.45, 2.75) is 23.6 Å². The first-order valence-corrected chi connectivity index (χ1v) is 7.89. The normalized spacial score (nSPS) is 12.6. The largest absolute Gasteiger partial charge is 0.329 e. The zero-order chi connectivity index (χ0) is 15.5. The molecule has 0 saturated heterocycles. The minimum absolute atomic E-state index is 0.0303. The topological polar surface area (TPSA) is 38.5 Å². The molecule has 3 nitrogen and oxygen atoms in total. The van der Waals surface area contributed by atoms with Crippen LogP contribution in [0.15, 0.2) is 53.4 Å². The summed E-state index contributed by atoms with van der Waals surface area (Å²) in [5.41, 5.74) is 1.44. The van der Waals surface area contributed by atoms with Gasteiger partial charge in [0.25, 0.3) is 9.84 Å². The summed E-state index contributed by atoms with van der Waals surface area (Å²) in [6.07, 6.45) is -0.0303.